The fourth-order valence-electron chi connectivity index (χ4n) is 5.80. The molecule has 198 valence electrons. The Kier molecular flexibility index (Phi) is 6.75. The third-order valence-corrected chi connectivity index (χ3v) is 7.79. The molecular formula is C32H33N5O2. The van der Waals surface area contributed by atoms with Crippen molar-refractivity contribution in [1.29, 1.82) is 0 Å². The van der Waals surface area contributed by atoms with Crippen molar-refractivity contribution < 1.29 is 9.90 Å². The van der Waals surface area contributed by atoms with Gasteiger partial charge in [0.25, 0.3) is 5.91 Å². The molecule has 6 rings (SSSR count). The first-order chi connectivity index (χ1) is 19.0. The van der Waals surface area contributed by atoms with Gasteiger partial charge >= 0.3 is 0 Å². The number of fused-ring (bicyclic) bond motifs is 2. The number of hydrogen-bond donors (Lipinski definition) is 3. The van der Waals surface area contributed by atoms with Crippen LogP contribution in [-0.4, -0.2) is 37.7 Å². The van der Waals surface area contributed by atoms with E-state index in [9.17, 15) is 9.90 Å². The molecule has 2 aromatic carbocycles. The van der Waals surface area contributed by atoms with Crippen LogP contribution in [0.2, 0.25) is 0 Å². The molecule has 0 bridgehead atoms. The lowest BCUT2D eigenvalue weighted by Gasteiger charge is -2.28. The van der Waals surface area contributed by atoms with E-state index >= 15 is 0 Å². The lowest BCUT2D eigenvalue weighted by molar-refractivity contribution is 0.100. The van der Waals surface area contributed by atoms with E-state index in [1.165, 1.54) is 5.56 Å². The number of carbonyl (C=O) groups excluding carboxylic acids is 1. The van der Waals surface area contributed by atoms with Crippen molar-refractivity contribution in [3.05, 3.63) is 84.3 Å². The van der Waals surface area contributed by atoms with Crippen molar-refractivity contribution in [2.24, 2.45) is 5.73 Å². The summed E-state index contributed by atoms with van der Waals surface area (Å²) in [4.78, 5) is 21.8. The monoisotopic (exact) mass is 519 g/mol. The molecule has 4 N–H and O–H groups in total. The molecular weight excluding hydrogens is 486 g/mol. The van der Waals surface area contributed by atoms with E-state index in [-0.39, 0.29) is 12.1 Å². The fourth-order valence-corrected chi connectivity index (χ4v) is 5.80. The predicted octanol–water partition coefficient (Wildman–Crippen LogP) is 6.01. The van der Waals surface area contributed by atoms with Gasteiger partial charge < -0.3 is 20.7 Å². The van der Waals surface area contributed by atoms with Crippen LogP contribution in [0, 0.1) is 0 Å². The van der Waals surface area contributed by atoms with Gasteiger partial charge in [-0.1, -0.05) is 31.5 Å². The number of benzene rings is 2. The highest BCUT2D eigenvalue weighted by Gasteiger charge is 2.22. The van der Waals surface area contributed by atoms with Crippen molar-refractivity contribution in [2.45, 2.75) is 57.6 Å². The fraction of sp³-hybridized carbons (Fsp3) is 0.281. The van der Waals surface area contributed by atoms with Gasteiger partial charge in [0, 0.05) is 52.3 Å². The zero-order valence-electron chi connectivity index (χ0n) is 22.1. The summed E-state index contributed by atoms with van der Waals surface area (Å²) in [5.74, 6) is -0.465. The first kappa shape index (κ1) is 25.1. The highest BCUT2D eigenvalue weighted by atomic mass is 16.3. The Morgan fingerprint density at radius 3 is 2.69 bits per heavy atom. The standard InChI is InChI=1S/C32H33N5O2/c1-2-5-21-19-37(24-10-13-27(31(33)39)29(17-24)36-23-8-11-25(38)12-9-23)32-30(21)26(14-15-34-32)22-16-20-6-3-4-7-28(20)35-18-22/h3-4,6-7,10,13-19,23,25,36,38H,2,5,8-9,11-12H2,1H3,(H2,33,39)/t23-,25-. The molecule has 1 saturated carbocycles. The van der Waals surface area contributed by atoms with Gasteiger partial charge in [0.2, 0.25) is 0 Å². The number of para-hydroxylation sites is 1. The summed E-state index contributed by atoms with van der Waals surface area (Å²) in [6, 6.07) is 18.3. The number of nitrogens with two attached hydrogens (primary N) is 1. The van der Waals surface area contributed by atoms with Crippen LogP contribution in [0.1, 0.15) is 54.9 Å². The molecule has 3 aromatic heterocycles. The molecule has 0 aliphatic heterocycles. The number of rotatable bonds is 7. The van der Waals surface area contributed by atoms with Gasteiger partial charge in [-0.25, -0.2) is 4.98 Å². The molecule has 0 radical (unpaired) electrons. The minimum atomic E-state index is -0.465. The summed E-state index contributed by atoms with van der Waals surface area (Å²) >= 11 is 0. The molecule has 0 unspecified atom stereocenters. The Bertz CT molecular complexity index is 1670. The van der Waals surface area contributed by atoms with Gasteiger partial charge in [-0.3, -0.25) is 9.78 Å². The molecule has 0 saturated heterocycles. The lowest BCUT2D eigenvalue weighted by Crippen LogP contribution is -2.29. The Labute approximate surface area is 227 Å². The van der Waals surface area contributed by atoms with Crippen molar-refractivity contribution in [1.82, 2.24) is 14.5 Å². The van der Waals surface area contributed by atoms with Crippen LogP contribution < -0.4 is 11.1 Å². The van der Waals surface area contributed by atoms with E-state index in [0.717, 1.165) is 83.0 Å². The highest BCUT2D eigenvalue weighted by Crippen LogP contribution is 2.35. The van der Waals surface area contributed by atoms with E-state index in [1.54, 1.807) is 6.07 Å². The largest absolute Gasteiger partial charge is 0.393 e. The molecule has 0 spiro atoms. The number of nitrogens with one attached hydrogen (secondary N) is 1. The second-order valence-corrected chi connectivity index (χ2v) is 10.5. The number of pyridine rings is 2. The topological polar surface area (TPSA) is 106 Å². The van der Waals surface area contributed by atoms with Gasteiger partial charge in [-0.05, 0) is 79.6 Å². The Balaban J connectivity index is 1.47. The van der Waals surface area contributed by atoms with Gasteiger partial charge in [0.05, 0.1) is 17.2 Å². The smallest absolute Gasteiger partial charge is 0.250 e. The first-order valence-electron chi connectivity index (χ1n) is 13.7. The first-order valence-corrected chi connectivity index (χ1v) is 13.7. The number of aliphatic hydroxyl groups excluding tert-OH is 1. The minimum absolute atomic E-state index is 0.184. The van der Waals surface area contributed by atoms with Gasteiger partial charge in [-0.15, -0.1) is 0 Å². The third-order valence-electron chi connectivity index (χ3n) is 7.79. The molecule has 1 aliphatic rings. The van der Waals surface area contributed by atoms with E-state index in [4.69, 9.17) is 15.7 Å². The summed E-state index contributed by atoms with van der Waals surface area (Å²) in [5, 5.41) is 15.7. The van der Waals surface area contributed by atoms with Crippen LogP contribution in [0.4, 0.5) is 5.69 Å². The van der Waals surface area contributed by atoms with Gasteiger partial charge in [0.15, 0.2) is 0 Å². The minimum Gasteiger partial charge on any atom is -0.393 e. The molecule has 1 fully saturated rings. The van der Waals surface area contributed by atoms with Gasteiger partial charge in [-0.2, -0.15) is 0 Å². The van der Waals surface area contributed by atoms with Crippen molar-refractivity contribution in [2.75, 3.05) is 5.32 Å². The average Bonchev–Trinajstić information content (AvgIpc) is 3.32. The van der Waals surface area contributed by atoms with E-state index < -0.39 is 5.91 Å². The Morgan fingerprint density at radius 2 is 1.90 bits per heavy atom. The quantitative estimate of drug-likeness (QED) is 0.244. The molecule has 7 nitrogen and oxygen atoms in total. The summed E-state index contributed by atoms with van der Waals surface area (Å²) in [7, 11) is 0. The second-order valence-electron chi connectivity index (χ2n) is 10.5. The average molecular weight is 520 g/mol. The molecule has 1 amide bonds. The number of carbonyl (C=O) groups is 1. The zero-order valence-corrected chi connectivity index (χ0v) is 22.1. The highest BCUT2D eigenvalue weighted by molar-refractivity contribution is 6.00. The normalized spacial score (nSPS) is 17.5. The maximum absolute atomic E-state index is 12.3. The SMILES string of the molecule is CCCc1cn(-c2ccc(C(N)=O)c(N[C@H]3CC[C@H](O)CC3)c2)c2nccc(-c3cnc4ccccc4c3)c12. The number of anilines is 1. The predicted molar refractivity (Wildman–Crippen MR) is 156 cm³/mol. The Hall–Kier alpha value is -4.23. The van der Waals surface area contributed by atoms with Crippen LogP contribution in [-0.2, 0) is 6.42 Å². The summed E-state index contributed by atoms with van der Waals surface area (Å²) in [5.41, 5.74) is 13.1. The molecule has 5 aromatic rings. The number of aryl methyl sites for hydroxylation is 1. The number of aliphatic hydroxyl groups is 1. The lowest BCUT2D eigenvalue weighted by atomic mass is 9.92. The van der Waals surface area contributed by atoms with Gasteiger partial charge in [0.1, 0.15) is 5.65 Å². The van der Waals surface area contributed by atoms with Crippen LogP contribution in [0.25, 0.3) is 38.8 Å². The zero-order chi connectivity index (χ0) is 26.9. The summed E-state index contributed by atoms with van der Waals surface area (Å²) in [6.45, 7) is 2.18. The number of nitrogens with zero attached hydrogens (tertiary/aromatic N) is 3. The molecule has 3 heterocycles. The maximum Gasteiger partial charge on any atom is 0.250 e. The number of primary amides is 1. The van der Waals surface area contributed by atoms with E-state index in [0.29, 0.717) is 5.56 Å². The van der Waals surface area contributed by atoms with Crippen molar-refractivity contribution >= 4 is 33.5 Å². The molecule has 7 heteroatoms. The molecule has 39 heavy (non-hydrogen) atoms. The Morgan fingerprint density at radius 1 is 1.08 bits per heavy atom. The van der Waals surface area contributed by atoms with Crippen LogP contribution in [0.15, 0.2) is 73.2 Å². The number of amides is 1. The summed E-state index contributed by atoms with van der Waals surface area (Å²) in [6.07, 6.45) is 10.8. The summed E-state index contributed by atoms with van der Waals surface area (Å²) < 4.78 is 2.11. The number of hydrogen-bond acceptors (Lipinski definition) is 5. The molecule has 1 aliphatic carbocycles. The number of aromatic nitrogens is 3. The maximum atomic E-state index is 12.3. The van der Waals surface area contributed by atoms with Crippen molar-refractivity contribution in [3.63, 3.8) is 0 Å². The third kappa shape index (κ3) is 4.86. The van der Waals surface area contributed by atoms with Crippen LogP contribution in [0.3, 0.4) is 0 Å². The van der Waals surface area contributed by atoms with E-state index in [1.807, 2.05) is 42.7 Å². The van der Waals surface area contributed by atoms with Crippen LogP contribution >= 0.6 is 0 Å². The van der Waals surface area contributed by atoms with Crippen molar-refractivity contribution in [3.8, 4) is 16.8 Å². The second kappa shape index (κ2) is 10.5. The van der Waals surface area contributed by atoms with Crippen LogP contribution in [0.5, 0.6) is 0 Å². The van der Waals surface area contributed by atoms with E-state index in [2.05, 4.69) is 41.2 Å². The molecule has 0 atom stereocenters.